The number of aliphatic hydroxyl groups excluding tert-OH is 1. The number of alkyl halides is 1. The van der Waals surface area contributed by atoms with Crippen LogP contribution in [-0.4, -0.2) is 48.6 Å². The number of rotatable bonds is 12. The number of benzene rings is 2. The fourth-order valence-electron chi connectivity index (χ4n) is 3.49. The van der Waals surface area contributed by atoms with Crippen LogP contribution in [-0.2, 0) is 0 Å². The Balaban J connectivity index is 0.000000732. The quantitative estimate of drug-likeness (QED) is 0.113. The van der Waals surface area contributed by atoms with Gasteiger partial charge in [-0.1, -0.05) is 126 Å². The topological polar surface area (TPSA) is 46.0 Å². The van der Waals surface area contributed by atoms with Crippen LogP contribution in [0.4, 0.5) is 0 Å². The molecule has 55 heavy (non-hydrogen) atoms. The summed E-state index contributed by atoms with van der Waals surface area (Å²) in [7, 11) is 0. The monoisotopic (exact) mass is 826 g/mol. The van der Waals surface area contributed by atoms with Gasteiger partial charge < -0.3 is 5.11 Å². The molecule has 7 heteroatoms. The molecule has 308 valence electrons. The first-order chi connectivity index (χ1) is 25.8. The number of hydrogen-bond donors (Lipinski definition) is 1. The SMILES string of the molecule is CC(C)C(C)Cl.CC(C)C(C)O.CC(C)C(C)Sc1ccc(-c2cccnc2)cc1.CC(C)C(C)Sc1ccc(-c2cccnc2)cc1.CSC(C)C(C)C. The molecule has 5 atom stereocenters. The highest BCUT2D eigenvalue weighted by atomic mass is 35.5. The van der Waals surface area contributed by atoms with Crippen LogP contribution < -0.4 is 0 Å². The first kappa shape index (κ1) is 53.0. The molecule has 0 radical (unpaired) electrons. The average molecular weight is 828 g/mol. The van der Waals surface area contributed by atoms with Crippen molar-refractivity contribution in [1.29, 1.82) is 0 Å². The normalized spacial score (nSPS) is 13.6. The van der Waals surface area contributed by atoms with Gasteiger partial charge in [-0.3, -0.25) is 9.97 Å². The third-order valence-corrected chi connectivity index (χ3v) is 14.1. The summed E-state index contributed by atoms with van der Waals surface area (Å²) in [5.41, 5.74) is 4.80. The van der Waals surface area contributed by atoms with E-state index in [0.717, 1.165) is 11.2 Å². The lowest BCUT2D eigenvalue weighted by atomic mass is 10.1. The van der Waals surface area contributed by atoms with Gasteiger partial charge in [0.25, 0.3) is 0 Å². The van der Waals surface area contributed by atoms with E-state index in [1.165, 1.54) is 32.0 Å². The maximum absolute atomic E-state index is 8.63. The molecule has 4 rings (SSSR count). The Bertz CT molecular complexity index is 1340. The number of aliphatic hydroxyl groups is 1. The molecule has 0 aliphatic rings. The summed E-state index contributed by atoms with van der Waals surface area (Å²) >= 11 is 11.4. The Kier molecular flexibility index (Phi) is 29.1. The summed E-state index contributed by atoms with van der Waals surface area (Å²) < 4.78 is 0. The molecule has 0 fully saturated rings. The maximum atomic E-state index is 8.63. The second-order valence-electron chi connectivity index (χ2n) is 15.8. The third kappa shape index (κ3) is 25.1. The predicted molar refractivity (Wildman–Crippen MR) is 254 cm³/mol. The Morgan fingerprint density at radius 2 is 0.764 bits per heavy atom. The lowest BCUT2D eigenvalue weighted by molar-refractivity contribution is 0.144. The van der Waals surface area contributed by atoms with Crippen LogP contribution in [0, 0.1) is 29.6 Å². The zero-order chi connectivity index (χ0) is 42.1. The highest BCUT2D eigenvalue weighted by Crippen LogP contribution is 2.31. The number of hydrogen-bond acceptors (Lipinski definition) is 6. The average Bonchev–Trinajstić information content (AvgIpc) is 3.16. The van der Waals surface area contributed by atoms with Crippen LogP contribution in [0.25, 0.3) is 22.3 Å². The smallest absolute Gasteiger partial charge is 0.0535 e. The molecule has 4 aromatic rings. The summed E-state index contributed by atoms with van der Waals surface area (Å²) in [6.45, 7) is 32.4. The zero-order valence-electron chi connectivity index (χ0n) is 37.0. The van der Waals surface area contributed by atoms with Gasteiger partial charge in [-0.05, 0) is 108 Å². The molecule has 1 N–H and O–H groups in total. The van der Waals surface area contributed by atoms with Crippen LogP contribution in [0.5, 0.6) is 0 Å². The van der Waals surface area contributed by atoms with E-state index in [1.807, 2.05) is 80.6 Å². The summed E-state index contributed by atoms with van der Waals surface area (Å²) in [6, 6.07) is 25.6. The molecule has 2 heterocycles. The molecule has 0 aliphatic heterocycles. The number of thioether (sulfide) groups is 3. The number of aromatic nitrogens is 2. The van der Waals surface area contributed by atoms with Crippen LogP contribution in [0.15, 0.2) is 107 Å². The zero-order valence-corrected chi connectivity index (χ0v) is 40.2. The summed E-state index contributed by atoms with van der Waals surface area (Å²) in [5, 5.41) is 11.1. The van der Waals surface area contributed by atoms with E-state index >= 15 is 0 Å². The van der Waals surface area contributed by atoms with Crippen molar-refractivity contribution in [1.82, 2.24) is 9.97 Å². The summed E-state index contributed by atoms with van der Waals surface area (Å²) in [4.78, 5) is 11.0. The largest absolute Gasteiger partial charge is 0.393 e. The highest BCUT2D eigenvalue weighted by molar-refractivity contribution is 8.00. The fourth-order valence-corrected chi connectivity index (χ4v) is 6.03. The summed E-state index contributed by atoms with van der Waals surface area (Å²) in [6.07, 6.45) is 9.42. The molecule has 2 aromatic carbocycles. The lowest BCUT2D eigenvalue weighted by Crippen LogP contribution is -2.07. The minimum atomic E-state index is -0.148. The molecule has 0 aliphatic carbocycles. The lowest BCUT2D eigenvalue weighted by Gasteiger charge is -2.15. The van der Waals surface area contributed by atoms with E-state index < -0.39 is 0 Å². The van der Waals surface area contributed by atoms with Gasteiger partial charge in [0, 0.05) is 55.7 Å². The number of nitrogens with zero attached hydrogens (tertiary/aromatic N) is 2. The maximum Gasteiger partial charge on any atom is 0.0535 e. The van der Waals surface area contributed by atoms with Crippen molar-refractivity contribution in [3.05, 3.63) is 97.6 Å². The first-order valence-electron chi connectivity index (χ1n) is 20.0. The van der Waals surface area contributed by atoms with Gasteiger partial charge in [0.1, 0.15) is 0 Å². The van der Waals surface area contributed by atoms with Crippen molar-refractivity contribution in [2.75, 3.05) is 6.26 Å². The van der Waals surface area contributed by atoms with E-state index in [2.05, 4.69) is 153 Å². The molecule has 0 saturated carbocycles. The van der Waals surface area contributed by atoms with Crippen LogP contribution in [0.1, 0.15) is 104 Å². The Morgan fingerprint density at radius 1 is 0.455 bits per heavy atom. The predicted octanol–water partition coefficient (Wildman–Crippen LogP) is 15.5. The van der Waals surface area contributed by atoms with E-state index in [1.54, 1.807) is 19.3 Å². The van der Waals surface area contributed by atoms with Gasteiger partial charge in [0.2, 0.25) is 0 Å². The van der Waals surface area contributed by atoms with E-state index in [-0.39, 0.29) is 6.10 Å². The number of halogens is 1. The van der Waals surface area contributed by atoms with Gasteiger partial charge in [0.15, 0.2) is 0 Å². The van der Waals surface area contributed by atoms with Crippen LogP contribution >= 0.6 is 46.9 Å². The fraction of sp³-hybridized carbons (Fsp3) is 0.542. The van der Waals surface area contributed by atoms with Crippen molar-refractivity contribution in [2.45, 2.75) is 141 Å². The second-order valence-corrected chi connectivity index (χ2v) is 20.6. The van der Waals surface area contributed by atoms with Gasteiger partial charge >= 0.3 is 0 Å². The molecule has 0 bridgehead atoms. The molecular weight excluding hydrogens is 752 g/mol. The molecule has 0 spiro atoms. The Labute approximate surface area is 356 Å². The summed E-state index contributed by atoms with van der Waals surface area (Å²) in [5.74, 6) is 3.26. The van der Waals surface area contributed by atoms with Gasteiger partial charge in [-0.2, -0.15) is 11.8 Å². The van der Waals surface area contributed by atoms with Crippen molar-refractivity contribution >= 4 is 46.9 Å². The van der Waals surface area contributed by atoms with Crippen molar-refractivity contribution in [3.63, 3.8) is 0 Å². The van der Waals surface area contributed by atoms with Crippen LogP contribution in [0.3, 0.4) is 0 Å². The standard InChI is InChI=1S/2C16H19NS.C6H14S.C5H11Cl.C5H12O/c2*1-12(2)13(3)18-16-8-6-14(7-9-16)15-5-4-10-17-11-15;1-5(2)6(3)7-4;2*1-4(2)5(3)6/h2*4-13H,1-3H3;5-6H,1-4H3;4-5H,1-3H3;4-6H,1-3H3. The Hall–Kier alpha value is -1.96. The minimum absolute atomic E-state index is 0.148. The molecule has 2 aromatic heterocycles. The third-order valence-electron chi connectivity index (χ3n) is 9.41. The molecule has 0 amide bonds. The highest BCUT2D eigenvalue weighted by Gasteiger charge is 2.10. The first-order valence-corrected chi connectivity index (χ1v) is 23.5. The van der Waals surface area contributed by atoms with Gasteiger partial charge in [-0.25, -0.2) is 0 Å². The molecule has 0 saturated heterocycles. The van der Waals surface area contributed by atoms with Gasteiger partial charge in [-0.15, -0.1) is 35.1 Å². The second kappa shape index (κ2) is 30.2. The van der Waals surface area contributed by atoms with Crippen molar-refractivity contribution in [2.24, 2.45) is 29.6 Å². The van der Waals surface area contributed by atoms with Gasteiger partial charge in [0.05, 0.1) is 6.10 Å². The van der Waals surface area contributed by atoms with Crippen molar-refractivity contribution < 1.29 is 5.11 Å². The minimum Gasteiger partial charge on any atom is -0.393 e. The Morgan fingerprint density at radius 3 is 0.945 bits per heavy atom. The van der Waals surface area contributed by atoms with Crippen molar-refractivity contribution in [3.8, 4) is 22.3 Å². The molecule has 3 nitrogen and oxygen atoms in total. The molecule has 5 unspecified atom stereocenters. The molecular formula is C48H75ClN2OS3. The van der Waals surface area contributed by atoms with E-state index in [9.17, 15) is 0 Å². The van der Waals surface area contributed by atoms with E-state index in [0.29, 0.717) is 39.5 Å². The van der Waals surface area contributed by atoms with E-state index in [4.69, 9.17) is 16.7 Å². The number of pyridine rings is 2. The van der Waals surface area contributed by atoms with Crippen LogP contribution in [0.2, 0.25) is 0 Å².